The van der Waals surface area contributed by atoms with Crippen LogP contribution in [0.2, 0.25) is 0 Å². The highest BCUT2D eigenvalue weighted by Crippen LogP contribution is 2.46. The molecule has 0 spiro atoms. The van der Waals surface area contributed by atoms with Crippen LogP contribution in [0.25, 0.3) is 16.7 Å². The third-order valence-electron chi connectivity index (χ3n) is 10.5. The number of rotatable bonds is 7. The number of nitrogens with zero attached hydrogens (tertiary/aromatic N) is 3. The molecule has 7 rings (SSSR count). The van der Waals surface area contributed by atoms with Crippen molar-refractivity contribution in [3.63, 3.8) is 0 Å². The number of carboxylic acids is 1. The fraction of sp³-hybridized carbons (Fsp3) is 0.295. The summed E-state index contributed by atoms with van der Waals surface area (Å²) in [4.78, 5) is 50.6. The first-order valence-electron chi connectivity index (χ1n) is 18.9. The number of anilines is 1. The van der Waals surface area contributed by atoms with Crippen molar-refractivity contribution in [1.82, 2.24) is 9.64 Å². The van der Waals surface area contributed by atoms with E-state index in [0.717, 1.165) is 6.92 Å². The van der Waals surface area contributed by atoms with Gasteiger partial charge in [-0.2, -0.15) is 8.42 Å². The number of fused-ring (bicyclic) bond motifs is 4. The Balaban J connectivity index is 0.000000483. The lowest BCUT2D eigenvalue weighted by Gasteiger charge is -2.42. The molecule has 1 saturated heterocycles. The first-order valence-corrected chi connectivity index (χ1v) is 22.1. The van der Waals surface area contributed by atoms with Crippen molar-refractivity contribution >= 4 is 66.4 Å². The summed E-state index contributed by atoms with van der Waals surface area (Å²) >= 11 is 0. The molecule has 2 amide bonds. The molecule has 1 fully saturated rings. The predicted octanol–water partition coefficient (Wildman–Crippen LogP) is 4.30. The molecule has 0 atom stereocenters. The number of imide groups is 1. The van der Waals surface area contributed by atoms with Gasteiger partial charge in [0.15, 0.2) is 5.54 Å². The van der Waals surface area contributed by atoms with Crippen molar-refractivity contribution in [3.05, 3.63) is 125 Å². The van der Waals surface area contributed by atoms with E-state index in [1.54, 1.807) is 54.6 Å². The molecule has 62 heavy (non-hydrogen) atoms. The number of hydrogen-bond donors (Lipinski definition) is 2. The molecule has 330 valence electrons. The van der Waals surface area contributed by atoms with Gasteiger partial charge in [0.05, 0.1) is 38.6 Å². The number of aromatic carboxylic acids is 1. The molecule has 3 aromatic carbocycles. The summed E-state index contributed by atoms with van der Waals surface area (Å²) in [5.41, 5.74) is 2.27. The maximum atomic E-state index is 12.5. The van der Waals surface area contributed by atoms with Gasteiger partial charge < -0.3 is 24.1 Å². The third-order valence-corrected chi connectivity index (χ3v) is 11.8. The number of hydrogen-bond acceptors (Lipinski definition) is 12. The number of likely N-dealkylation sites (N-methyl/N-ethyl adjacent to an activating group) is 2. The molecule has 0 bridgehead atoms. The van der Waals surface area contributed by atoms with Crippen LogP contribution in [0.1, 0.15) is 80.1 Å². The number of carbonyl (C=O) groups is 4. The van der Waals surface area contributed by atoms with Gasteiger partial charge in [0.2, 0.25) is 5.36 Å². The molecule has 4 heterocycles. The van der Waals surface area contributed by atoms with Gasteiger partial charge in [0, 0.05) is 74.3 Å². The van der Waals surface area contributed by atoms with Crippen molar-refractivity contribution in [2.75, 3.05) is 30.5 Å². The number of amides is 2. The van der Waals surface area contributed by atoms with E-state index in [4.69, 9.17) is 4.74 Å². The highest BCUT2D eigenvalue weighted by molar-refractivity contribution is 7.86. The van der Waals surface area contributed by atoms with Crippen LogP contribution in [0.4, 0.5) is 5.69 Å². The van der Waals surface area contributed by atoms with Crippen molar-refractivity contribution in [2.45, 2.75) is 58.5 Å². The Morgan fingerprint density at radius 1 is 0.855 bits per heavy atom. The topological polar surface area (TPSA) is 228 Å². The van der Waals surface area contributed by atoms with Crippen LogP contribution in [-0.4, -0.2) is 96.5 Å². The average Bonchev–Trinajstić information content (AvgIpc) is 3.49. The Kier molecular flexibility index (Phi) is 14.1. The molecule has 2 N–H and O–H groups in total. The molecular formula is C44H49N3O13S2. The maximum Gasteiger partial charge on any atom is 0.336 e. The summed E-state index contributed by atoms with van der Waals surface area (Å²) in [5.74, 6) is -3.35. The van der Waals surface area contributed by atoms with Crippen LogP contribution in [0.15, 0.2) is 87.0 Å². The van der Waals surface area contributed by atoms with E-state index in [-0.39, 0.29) is 18.4 Å². The monoisotopic (exact) mass is 891 g/mol. The Labute approximate surface area is 360 Å². The molecule has 0 radical (unpaired) electrons. The molecular weight excluding hydrogens is 843 g/mol. The molecule has 0 aliphatic carbocycles. The summed E-state index contributed by atoms with van der Waals surface area (Å²) in [6.45, 7) is 20.7. The number of carboxylic acid groups (broad SMARTS) is 1. The minimum Gasteiger partial charge on any atom is -0.748 e. The van der Waals surface area contributed by atoms with Crippen LogP contribution < -0.4 is 24.8 Å². The second-order valence-electron chi connectivity index (χ2n) is 15.4. The second-order valence-corrected chi connectivity index (χ2v) is 18.3. The van der Waals surface area contributed by atoms with Gasteiger partial charge in [-0.1, -0.05) is 24.3 Å². The van der Waals surface area contributed by atoms with E-state index >= 15 is 0 Å². The Morgan fingerprint density at radius 3 is 1.98 bits per heavy atom. The average molecular weight is 892 g/mol. The molecule has 3 aromatic rings. The lowest BCUT2D eigenvalue weighted by Crippen LogP contribution is -2.47. The quantitative estimate of drug-likeness (QED) is 0.114. The number of carbonyl (C=O) groups excluding carboxylic acids is 3. The summed E-state index contributed by atoms with van der Waals surface area (Å²) in [5, 5.41) is 11.9. The first-order chi connectivity index (χ1) is 28.8. The van der Waals surface area contributed by atoms with Crippen LogP contribution in [0.5, 0.6) is 11.5 Å². The molecule has 4 aliphatic heterocycles. The highest BCUT2D eigenvalue weighted by Gasteiger charge is 2.37. The van der Waals surface area contributed by atoms with E-state index in [1.165, 1.54) is 6.07 Å². The lowest BCUT2D eigenvalue weighted by molar-refractivity contribution is -0.195. The summed E-state index contributed by atoms with van der Waals surface area (Å²) in [7, 11) is -5.38. The first kappa shape index (κ1) is 48.5. The van der Waals surface area contributed by atoms with E-state index in [0.29, 0.717) is 71.8 Å². The predicted molar refractivity (Wildman–Crippen MR) is 233 cm³/mol. The fourth-order valence-corrected chi connectivity index (χ4v) is 8.70. The van der Waals surface area contributed by atoms with Gasteiger partial charge in [-0.25, -0.2) is 22.6 Å². The normalized spacial score (nSPS) is 16.7. The minimum atomic E-state index is -4.67. The second kappa shape index (κ2) is 18.0. The zero-order valence-corrected chi connectivity index (χ0v) is 37.1. The standard InChI is InChI=1S/C34H34N2O9S2.C6H7NO4.2C2H4/c1-33(2)15-19(17-46(39,40)41)23-11-25-29(13-27(23)35(33)5)45-30-14-28-24(20(18-47(42,43)44)16-34(3,4)36(28)6)12-26(30)31(25)21-9-7-8-10-22(21)32(37)38;1-4(8)11-7-5(9)2-3-6(7)10;2*1-2/h7-16H,17-18H2,1-6H3,(H2-,37,38,39,40,41,42,43,44);2-3H2,1H3;2*1-2H2. The molecule has 18 heteroatoms. The number of benzene rings is 3. The maximum absolute atomic E-state index is 12.5. The zero-order chi connectivity index (χ0) is 46.9. The smallest absolute Gasteiger partial charge is 0.336 e. The van der Waals surface area contributed by atoms with E-state index < -0.39 is 66.6 Å². The summed E-state index contributed by atoms with van der Waals surface area (Å²) < 4.78 is 78.7. The lowest BCUT2D eigenvalue weighted by atomic mass is 9.83. The number of hydroxylamine groups is 2. The van der Waals surface area contributed by atoms with Crippen molar-refractivity contribution in [1.29, 1.82) is 0 Å². The van der Waals surface area contributed by atoms with E-state index in [1.807, 2.05) is 51.3 Å². The molecule has 0 aromatic heterocycles. The Bertz CT molecular complexity index is 2790. The molecule has 16 nitrogen and oxygen atoms in total. The van der Waals surface area contributed by atoms with Crippen LogP contribution in [-0.2, 0) is 39.5 Å². The van der Waals surface area contributed by atoms with Gasteiger partial charge in [0.1, 0.15) is 24.3 Å². The Hall–Kier alpha value is -6.21. The van der Waals surface area contributed by atoms with Gasteiger partial charge in [-0.05, 0) is 54.8 Å². The molecule has 0 unspecified atom stereocenters. The van der Waals surface area contributed by atoms with Gasteiger partial charge in [-0.15, -0.1) is 31.4 Å². The largest absolute Gasteiger partial charge is 0.748 e. The van der Waals surface area contributed by atoms with Crippen LogP contribution >= 0.6 is 0 Å². The van der Waals surface area contributed by atoms with Crippen LogP contribution in [0.3, 0.4) is 0 Å². The van der Waals surface area contributed by atoms with Gasteiger partial charge in [-0.3, -0.25) is 14.1 Å². The Morgan fingerprint density at radius 2 is 1.44 bits per heavy atom. The van der Waals surface area contributed by atoms with E-state index in [9.17, 15) is 50.2 Å². The summed E-state index contributed by atoms with van der Waals surface area (Å²) in [6.07, 6.45) is 3.77. The number of ether oxygens (including phenoxy) is 1. The zero-order valence-electron chi connectivity index (χ0n) is 35.5. The SMILES string of the molecule is C=C.C=C.CC(=O)ON1C(=O)CCC1=O.CN1c2cc3c(cc2C(CS(=O)(=O)[O-])=CC1(C)C)C(c1ccccc1C(=O)O)=c1cc2c(cc1O3)=[N+](C)C(C)(C)C=C2CS(=O)(=O)O. The third kappa shape index (κ3) is 10.1. The summed E-state index contributed by atoms with van der Waals surface area (Å²) in [6, 6.07) is 13.4. The minimum absolute atomic E-state index is 0.000141. The van der Waals surface area contributed by atoms with Crippen molar-refractivity contribution < 1.29 is 59.8 Å². The van der Waals surface area contributed by atoms with Gasteiger partial charge in [0.25, 0.3) is 21.9 Å². The van der Waals surface area contributed by atoms with Gasteiger partial charge >= 0.3 is 11.9 Å². The van der Waals surface area contributed by atoms with E-state index in [2.05, 4.69) is 31.2 Å². The van der Waals surface area contributed by atoms with Crippen molar-refractivity contribution in [2.24, 2.45) is 0 Å². The fourth-order valence-electron chi connectivity index (χ4n) is 7.44. The molecule has 4 aliphatic rings. The van der Waals surface area contributed by atoms with Crippen LogP contribution in [0, 0.1) is 0 Å². The van der Waals surface area contributed by atoms with Crippen molar-refractivity contribution in [3.8, 4) is 11.5 Å². The highest BCUT2D eigenvalue weighted by atomic mass is 32.2. The molecule has 0 saturated carbocycles.